The molecule has 4 nitrogen and oxygen atoms in total. The number of aromatic nitrogens is 1. The Balaban J connectivity index is 2.17. The van der Waals surface area contributed by atoms with Crippen molar-refractivity contribution in [2.45, 2.75) is 0 Å². The van der Waals surface area contributed by atoms with Gasteiger partial charge in [-0.3, -0.25) is 4.79 Å². The first-order valence-corrected chi connectivity index (χ1v) is 5.75. The summed E-state index contributed by atoms with van der Waals surface area (Å²) >= 11 is 5.55. The van der Waals surface area contributed by atoms with E-state index in [0.29, 0.717) is 13.1 Å². The lowest BCUT2D eigenvalue weighted by atomic mass is 10.2. The molecular formula is C11H13ClFN3O. The van der Waals surface area contributed by atoms with E-state index in [1.807, 2.05) is 7.05 Å². The Labute approximate surface area is 104 Å². The number of piperazine rings is 1. The van der Waals surface area contributed by atoms with Gasteiger partial charge >= 0.3 is 0 Å². The van der Waals surface area contributed by atoms with Gasteiger partial charge in [0.2, 0.25) is 0 Å². The van der Waals surface area contributed by atoms with Crippen LogP contribution in [0.4, 0.5) is 4.39 Å². The highest BCUT2D eigenvalue weighted by Crippen LogP contribution is 2.17. The maximum absolute atomic E-state index is 13.6. The van der Waals surface area contributed by atoms with Crippen molar-refractivity contribution in [3.63, 3.8) is 0 Å². The molecular weight excluding hydrogens is 245 g/mol. The van der Waals surface area contributed by atoms with Gasteiger partial charge in [0.15, 0.2) is 11.0 Å². The predicted molar refractivity (Wildman–Crippen MR) is 62.6 cm³/mol. The molecule has 0 N–H and O–H groups in total. The largest absolute Gasteiger partial charge is 0.336 e. The Hall–Kier alpha value is -1.20. The van der Waals surface area contributed by atoms with Crippen molar-refractivity contribution in [1.29, 1.82) is 0 Å². The quantitative estimate of drug-likeness (QED) is 0.711. The van der Waals surface area contributed by atoms with E-state index in [1.165, 1.54) is 12.3 Å². The molecule has 17 heavy (non-hydrogen) atoms. The number of carbonyl (C=O) groups excluding carboxylic acids is 1. The average Bonchev–Trinajstić information content (AvgIpc) is 2.33. The Morgan fingerprint density at radius 1 is 1.41 bits per heavy atom. The number of carbonyl (C=O) groups is 1. The molecule has 0 spiro atoms. The van der Waals surface area contributed by atoms with Crippen molar-refractivity contribution in [1.82, 2.24) is 14.8 Å². The van der Waals surface area contributed by atoms with Crippen molar-refractivity contribution < 1.29 is 9.18 Å². The van der Waals surface area contributed by atoms with Gasteiger partial charge in [0.25, 0.3) is 5.91 Å². The van der Waals surface area contributed by atoms with Crippen molar-refractivity contribution >= 4 is 17.5 Å². The molecule has 1 aromatic rings. The van der Waals surface area contributed by atoms with Crippen LogP contribution in [0.1, 0.15) is 10.4 Å². The minimum absolute atomic E-state index is 0.00504. The maximum Gasteiger partial charge on any atom is 0.257 e. The summed E-state index contributed by atoms with van der Waals surface area (Å²) in [4.78, 5) is 19.4. The molecule has 0 radical (unpaired) electrons. The summed E-state index contributed by atoms with van der Waals surface area (Å²) in [5.74, 6) is -1.06. The summed E-state index contributed by atoms with van der Waals surface area (Å²) in [6.07, 6.45) is 1.34. The van der Waals surface area contributed by atoms with Gasteiger partial charge in [-0.1, -0.05) is 11.6 Å². The van der Waals surface area contributed by atoms with Gasteiger partial charge in [-0.25, -0.2) is 9.37 Å². The lowest BCUT2D eigenvalue weighted by molar-refractivity contribution is 0.0659. The van der Waals surface area contributed by atoms with E-state index in [9.17, 15) is 9.18 Å². The van der Waals surface area contributed by atoms with Crippen molar-refractivity contribution in [3.8, 4) is 0 Å². The summed E-state index contributed by atoms with van der Waals surface area (Å²) in [5, 5.41) is -0.259. The summed E-state index contributed by atoms with van der Waals surface area (Å²) in [5.41, 5.74) is -0.00504. The zero-order valence-corrected chi connectivity index (χ0v) is 10.2. The van der Waals surface area contributed by atoms with Crippen LogP contribution in [0.2, 0.25) is 5.15 Å². The number of halogens is 2. The first kappa shape index (κ1) is 12.3. The van der Waals surface area contributed by atoms with Crippen molar-refractivity contribution in [2.24, 2.45) is 0 Å². The first-order chi connectivity index (χ1) is 8.09. The predicted octanol–water partition coefficient (Wildman–Crippen LogP) is 1.26. The molecule has 1 aliphatic heterocycles. The molecule has 0 aromatic carbocycles. The van der Waals surface area contributed by atoms with E-state index in [1.54, 1.807) is 4.90 Å². The fourth-order valence-corrected chi connectivity index (χ4v) is 1.92. The van der Waals surface area contributed by atoms with E-state index < -0.39 is 5.82 Å². The summed E-state index contributed by atoms with van der Waals surface area (Å²) < 4.78 is 13.6. The van der Waals surface area contributed by atoms with Gasteiger partial charge in [0.1, 0.15) is 0 Å². The van der Waals surface area contributed by atoms with E-state index in [-0.39, 0.29) is 16.6 Å². The molecule has 1 aromatic heterocycles. The number of hydrogen-bond donors (Lipinski definition) is 0. The number of rotatable bonds is 1. The zero-order valence-electron chi connectivity index (χ0n) is 9.49. The molecule has 0 atom stereocenters. The number of hydrogen-bond acceptors (Lipinski definition) is 3. The number of nitrogens with zero attached hydrogens (tertiary/aromatic N) is 3. The molecule has 92 valence electrons. The Morgan fingerprint density at radius 3 is 2.71 bits per heavy atom. The molecule has 0 aliphatic carbocycles. The van der Waals surface area contributed by atoms with Crippen molar-refractivity contribution in [3.05, 3.63) is 28.8 Å². The number of amides is 1. The fraction of sp³-hybridized carbons (Fsp3) is 0.455. The van der Waals surface area contributed by atoms with Crippen LogP contribution < -0.4 is 0 Å². The lowest BCUT2D eigenvalue weighted by Crippen LogP contribution is -2.47. The zero-order chi connectivity index (χ0) is 12.4. The van der Waals surface area contributed by atoms with Gasteiger partial charge in [-0.05, 0) is 13.1 Å². The van der Waals surface area contributed by atoms with E-state index in [4.69, 9.17) is 11.6 Å². The van der Waals surface area contributed by atoms with Crippen LogP contribution in [0, 0.1) is 5.82 Å². The monoisotopic (exact) mass is 257 g/mol. The molecule has 1 aliphatic rings. The minimum Gasteiger partial charge on any atom is -0.336 e. The second kappa shape index (κ2) is 4.98. The third kappa shape index (κ3) is 2.56. The Morgan fingerprint density at radius 2 is 2.06 bits per heavy atom. The number of likely N-dealkylation sites (N-methyl/N-ethyl adjacent to an activating group) is 1. The third-order valence-electron chi connectivity index (χ3n) is 2.87. The highest BCUT2D eigenvalue weighted by Gasteiger charge is 2.23. The summed E-state index contributed by atoms with van der Waals surface area (Å²) in [6, 6.07) is 1.36. The Bertz CT molecular complexity index is 433. The second-order valence-corrected chi connectivity index (χ2v) is 4.42. The molecule has 1 saturated heterocycles. The van der Waals surface area contributed by atoms with E-state index in [2.05, 4.69) is 9.88 Å². The Kier molecular flexibility index (Phi) is 3.59. The molecule has 1 fully saturated rings. The molecule has 6 heteroatoms. The highest BCUT2D eigenvalue weighted by atomic mass is 35.5. The smallest absolute Gasteiger partial charge is 0.257 e. The van der Waals surface area contributed by atoms with Crippen LogP contribution in [0.25, 0.3) is 0 Å². The van der Waals surface area contributed by atoms with Crippen molar-refractivity contribution in [2.75, 3.05) is 33.2 Å². The molecule has 2 rings (SSSR count). The third-order valence-corrected chi connectivity index (χ3v) is 3.13. The van der Waals surface area contributed by atoms with Crippen LogP contribution in [-0.2, 0) is 0 Å². The van der Waals surface area contributed by atoms with Gasteiger partial charge in [0, 0.05) is 32.4 Å². The van der Waals surface area contributed by atoms with Crippen LogP contribution >= 0.6 is 11.6 Å². The lowest BCUT2D eigenvalue weighted by Gasteiger charge is -2.32. The van der Waals surface area contributed by atoms with Crippen LogP contribution in [0.15, 0.2) is 12.3 Å². The molecule has 0 bridgehead atoms. The number of pyridine rings is 1. The maximum atomic E-state index is 13.6. The van der Waals surface area contributed by atoms with Crippen LogP contribution in [0.5, 0.6) is 0 Å². The van der Waals surface area contributed by atoms with Gasteiger partial charge in [-0.2, -0.15) is 0 Å². The van der Waals surface area contributed by atoms with Crippen LogP contribution in [-0.4, -0.2) is 53.9 Å². The first-order valence-electron chi connectivity index (χ1n) is 5.37. The summed E-state index contributed by atoms with van der Waals surface area (Å²) in [6.45, 7) is 2.81. The topological polar surface area (TPSA) is 36.4 Å². The fourth-order valence-electron chi connectivity index (χ4n) is 1.76. The van der Waals surface area contributed by atoms with E-state index >= 15 is 0 Å². The average molecular weight is 258 g/mol. The van der Waals surface area contributed by atoms with E-state index in [0.717, 1.165) is 13.1 Å². The SMILES string of the molecule is CN1CCN(C(=O)c2ccnc(Cl)c2F)CC1. The normalized spacial score (nSPS) is 17.2. The van der Waals surface area contributed by atoms with Crippen LogP contribution in [0.3, 0.4) is 0 Å². The molecule has 2 heterocycles. The highest BCUT2D eigenvalue weighted by molar-refractivity contribution is 6.29. The van der Waals surface area contributed by atoms with Gasteiger partial charge in [0.05, 0.1) is 5.56 Å². The molecule has 0 saturated carbocycles. The van der Waals surface area contributed by atoms with Gasteiger partial charge in [-0.15, -0.1) is 0 Å². The van der Waals surface area contributed by atoms with Gasteiger partial charge < -0.3 is 9.80 Å². The standard InChI is InChI=1S/C11H13ClFN3O/c1-15-4-6-16(7-5-15)11(17)8-2-3-14-10(12)9(8)13/h2-3H,4-7H2,1H3. The second-order valence-electron chi connectivity index (χ2n) is 4.06. The molecule has 1 amide bonds. The summed E-state index contributed by atoms with van der Waals surface area (Å²) in [7, 11) is 1.99. The molecule has 0 unspecified atom stereocenters. The minimum atomic E-state index is -0.738.